The molecule has 1 aliphatic rings. The predicted molar refractivity (Wildman–Crippen MR) is 121 cm³/mol. The van der Waals surface area contributed by atoms with Gasteiger partial charge in [0.05, 0.1) is 28.2 Å². The van der Waals surface area contributed by atoms with Crippen LogP contribution in [-0.2, 0) is 9.59 Å². The quantitative estimate of drug-likeness (QED) is 0.761. The van der Waals surface area contributed by atoms with Gasteiger partial charge >= 0.3 is 0 Å². The van der Waals surface area contributed by atoms with E-state index in [1.165, 1.54) is 0 Å². The van der Waals surface area contributed by atoms with Gasteiger partial charge in [0.15, 0.2) is 0 Å². The normalized spacial score (nSPS) is 18.9. The maximum atomic E-state index is 13.0. The van der Waals surface area contributed by atoms with Crippen LogP contribution in [0.5, 0.6) is 0 Å². The Kier molecular flexibility index (Phi) is 6.62. The first-order chi connectivity index (χ1) is 14.1. The number of aromatic nitrogens is 1. The smallest absolute Gasteiger partial charge is 0.243 e. The number of likely N-dealkylation sites (tertiary alicyclic amines) is 1. The van der Waals surface area contributed by atoms with Gasteiger partial charge in [-0.2, -0.15) is 0 Å². The Balaban J connectivity index is 1.66. The van der Waals surface area contributed by atoms with E-state index in [4.69, 9.17) is 5.73 Å². The molecule has 0 aliphatic carbocycles. The van der Waals surface area contributed by atoms with Gasteiger partial charge in [-0.05, 0) is 43.2 Å². The molecule has 0 spiro atoms. The zero-order chi connectivity index (χ0) is 22.1. The molecule has 1 aromatic carbocycles. The van der Waals surface area contributed by atoms with Gasteiger partial charge in [0.25, 0.3) is 0 Å². The fourth-order valence-electron chi connectivity index (χ4n) is 3.75. The van der Waals surface area contributed by atoms with Crippen LogP contribution in [0.25, 0.3) is 10.4 Å². The molecule has 2 amide bonds. The Morgan fingerprint density at radius 3 is 2.50 bits per heavy atom. The fraction of sp³-hybridized carbons (Fsp3) is 0.522. The first-order valence-electron chi connectivity index (χ1n) is 10.5. The van der Waals surface area contributed by atoms with Gasteiger partial charge in [0.2, 0.25) is 11.8 Å². The average Bonchev–Trinajstić information content (AvgIpc) is 3.35. The van der Waals surface area contributed by atoms with Crippen LogP contribution < -0.4 is 11.1 Å². The van der Waals surface area contributed by atoms with Crippen molar-refractivity contribution in [1.29, 1.82) is 0 Å². The van der Waals surface area contributed by atoms with Gasteiger partial charge < -0.3 is 16.0 Å². The Bertz CT molecular complexity index is 901. The molecule has 0 bridgehead atoms. The lowest BCUT2D eigenvalue weighted by Crippen LogP contribution is -2.55. The largest absolute Gasteiger partial charge is 0.348 e. The summed E-state index contributed by atoms with van der Waals surface area (Å²) in [5.41, 5.74) is 10.8. The van der Waals surface area contributed by atoms with E-state index in [0.717, 1.165) is 28.1 Å². The summed E-state index contributed by atoms with van der Waals surface area (Å²) in [5, 5.41) is 3.08. The van der Waals surface area contributed by atoms with Gasteiger partial charge in [-0.1, -0.05) is 45.0 Å². The maximum absolute atomic E-state index is 13.0. The molecule has 1 unspecified atom stereocenters. The molecule has 1 saturated heterocycles. The number of rotatable bonds is 5. The van der Waals surface area contributed by atoms with Crippen molar-refractivity contribution >= 4 is 23.2 Å². The minimum Gasteiger partial charge on any atom is -0.348 e. The zero-order valence-electron chi connectivity index (χ0n) is 18.4. The van der Waals surface area contributed by atoms with Crippen molar-refractivity contribution in [1.82, 2.24) is 15.2 Å². The molecule has 1 fully saturated rings. The number of nitrogens with zero attached hydrogens (tertiary/aromatic N) is 2. The second-order valence-electron chi connectivity index (χ2n) is 9.15. The highest BCUT2D eigenvalue weighted by Crippen LogP contribution is 2.29. The number of amides is 2. The molecule has 1 aliphatic heterocycles. The topological polar surface area (TPSA) is 88.3 Å². The Morgan fingerprint density at radius 1 is 1.27 bits per heavy atom. The second-order valence-corrected chi connectivity index (χ2v) is 10.0. The molecule has 3 rings (SSSR count). The van der Waals surface area contributed by atoms with Crippen molar-refractivity contribution < 1.29 is 9.59 Å². The number of hydrogen-bond donors (Lipinski definition) is 2. The molecule has 3 N–H and O–H groups in total. The third kappa shape index (κ3) is 4.73. The van der Waals surface area contributed by atoms with E-state index in [1.54, 1.807) is 16.2 Å². The maximum Gasteiger partial charge on any atom is 0.243 e. The molecule has 7 heteroatoms. The molecule has 1 aromatic heterocycles. The summed E-state index contributed by atoms with van der Waals surface area (Å²) >= 11 is 1.62. The molecule has 2 aromatic rings. The summed E-state index contributed by atoms with van der Waals surface area (Å²) in [6.07, 6.45) is 1.49. The predicted octanol–water partition coefficient (Wildman–Crippen LogP) is 3.66. The van der Waals surface area contributed by atoms with Crippen LogP contribution in [0.2, 0.25) is 0 Å². The van der Waals surface area contributed by atoms with E-state index in [-0.39, 0.29) is 23.3 Å². The summed E-state index contributed by atoms with van der Waals surface area (Å²) in [5.74, 6) is -0.256. The van der Waals surface area contributed by atoms with Gasteiger partial charge in [0, 0.05) is 6.54 Å². The number of hydrogen-bond acceptors (Lipinski definition) is 5. The second kappa shape index (κ2) is 8.86. The SMILES string of the molecule is Cc1ncsc1-c1ccc([C@H](C)NC(=O)C2CCCN2C(=O)[C@@H](N)C(C)(C)C)cc1. The summed E-state index contributed by atoms with van der Waals surface area (Å²) in [6, 6.07) is 6.97. The van der Waals surface area contributed by atoms with Crippen LogP contribution >= 0.6 is 11.3 Å². The van der Waals surface area contributed by atoms with E-state index in [2.05, 4.69) is 22.4 Å². The standard InChI is InChI=1S/C23H32N4O2S/c1-14(16-8-10-17(11-9-16)19-15(2)25-13-30-19)26-21(28)18-7-6-12-27(18)22(29)20(24)23(3,4)5/h8-11,13-14,18,20H,6-7,12,24H2,1-5H3,(H,26,28)/t14-,18?,20+/m0/s1. The highest BCUT2D eigenvalue weighted by atomic mass is 32.1. The van der Waals surface area contributed by atoms with Gasteiger partial charge in [-0.25, -0.2) is 4.98 Å². The lowest BCUT2D eigenvalue weighted by atomic mass is 9.86. The van der Waals surface area contributed by atoms with Gasteiger partial charge in [-0.3, -0.25) is 9.59 Å². The van der Waals surface area contributed by atoms with E-state index >= 15 is 0 Å². The third-order valence-electron chi connectivity index (χ3n) is 5.81. The van der Waals surface area contributed by atoms with Crippen LogP contribution in [0.15, 0.2) is 29.8 Å². The van der Waals surface area contributed by atoms with Crippen molar-refractivity contribution in [2.24, 2.45) is 11.1 Å². The van der Waals surface area contributed by atoms with Crippen LogP contribution in [0.1, 0.15) is 57.8 Å². The first kappa shape index (κ1) is 22.4. The molecule has 3 atom stereocenters. The summed E-state index contributed by atoms with van der Waals surface area (Å²) in [4.78, 5) is 32.9. The summed E-state index contributed by atoms with van der Waals surface area (Å²) in [6.45, 7) is 10.4. The average molecular weight is 429 g/mol. The van der Waals surface area contributed by atoms with Gasteiger partial charge in [-0.15, -0.1) is 11.3 Å². The van der Waals surface area contributed by atoms with Gasteiger partial charge in [0.1, 0.15) is 6.04 Å². The first-order valence-corrected chi connectivity index (χ1v) is 11.3. The van der Waals surface area contributed by atoms with Crippen molar-refractivity contribution in [2.75, 3.05) is 6.54 Å². The van der Waals surface area contributed by atoms with E-state index < -0.39 is 12.1 Å². The van der Waals surface area contributed by atoms with E-state index in [0.29, 0.717) is 13.0 Å². The Hall–Kier alpha value is -2.25. The fourth-order valence-corrected chi connectivity index (χ4v) is 4.56. The third-order valence-corrected chi connectivity index (χ3v) is 6.79. The number of thiazole rings is 1. The van der Waals surface area contributed by atoms with Crippen LogP contribution in [0.3, 0.4) is 0 Å². The highest BCUT2D eigenvalue weighted by molar-refractivity contribution is 7.13. The van der Waals surface area contributed by atoms with E-state index in [1.807, 2.05) is 52.3 Å². The molecule has 2 heterocycles. The van der Waals surface area contributed by atoms with Crippen LogP contribution in [-0.4, -0.2) is 40.3 Å². The Morgan fingerprint density at radius 2 is 1.93 bits per heavy atom. The molecular weight excluding hydrogens is 396 g/mol. The van der Waals surface area contributed by atoms with Crippen LogP contribution in [0, 0.1) is 12.3 Å². The molecular formula is C23H32N4O2S. The summed E-state index contributed by atoms with van der Waals surface area (Å²) in [7, 11) is 0. The minimum absolute atomic E-state index is 0.114. The number of benzene rings is 1. The number of carbonyl (C=O) groups is 2. The summed E-state index contributed by atoms with van der Waals surface area (Å²) < 4.78 is 0. The number of carbonyl (C=O) groups excluding carboxylic acids is 2. The highest BCUT2D eigenvalue weighted by Gasteiger charge is 2.39. The number of nitrogens with two attached hydrogens (primary N) is 1. The van der Waals surface area contributed by atoms with Crippen molar-refractivity contribution in [3.8, 4) is 10.4 Å². The lowest BCUT2D eigenvalue weighted by Gasteiger charge is -2.33. The Labute approximate surface area is 182 Å². The van der Waals surface area contributed by atoms with Crippen molar-refractivity contribution in [3.63, 3.8) is 0 Å². The number of nitrogens with one attached hydrogen (secondary N) is 1. The lowest BCUT2D eigenvalue weighted by molar-refractivity contribution is -0.141. The van der Waals surface area contributed by atoms with E-state index in [9.17, 15) is 9.59 Å². The monoisotopic (exact) mass is 428 g/mol. The van der Waals surface area contributed by atoms with Crippen molar-refractivity contribution in [2.45, 2.75) is 65.6 Å². The molecule has 0 saturated carbocycles. The number of aryl methyl sites for hydroxylation is 1. The van der Waals surface area contributed by atoms with Crippen LogP contribution in [0.4, 0.5) is 0 Å². The van der Waals surface area contributed by atoms with Crippen molar-refractivity contribution in [3.05, 3.63) is 41.0 Å². The minimum atomic E-state index is -0.619. The molecule has 30 heavy (non-hydrogen) atoms. The zero-order valence-corrected chi connectivity index (χ0v) is 19.3. The molecule has 6 nitrogen and oxygen atoms in total. The molecule has 162 valence electrons. The molecule has 0 radical (unpaired) electrons.